The molecule has 6 N–H and O–H groups in total. The molecule has 15 nitrogen and oxygen atoms in total. The molecule has 0 spiro atoms. The van der Waals surface area contributed by atoms with Crippen molar-refractivity contribution in [2.45, 2.75) is 19.4 Å². The average molecular weight is 1270 g/mol. The van der Waals surface area contributed by atoms with Crippen molar-refractivity contribution in [1.82, 2.24) is 10.6 Å². The van der Waals surface area contributed by atoms with Crippen LogP contribution in [-0.4, -0.2) is 129 Å². The van der Waals surface area contributed by atoms with E-state index in [-0.39, 0.29) is 12.3 Å². The van der Waals surface area contributed by atoms with Gasteiger partial charge in [-0.15, -0.1) is 0 Å². The summed E-state index contributed by atoms with van der Waals surface area (Å²) in [5.41, 5.74) is 7.17. The molecule has 3 aromatic carbocycles. The molecule has 0 saturated heterocycles. The fraction of sp³-hybridized carbons (Fsp3) is 0.500. The third kappa shape index (κ3) is 24.1. The number of carbonyl (C=O) groups is 1. The highest BCUT2D eigenvalue weighted by Crippen LogP contribution is 2.37. The van der Waals surface area contributed by atoms with Gasteiger partial charge in [-0.1, -0.05) is 12.1 Å². The number of halogens is 4. The van der Waals surface area contributed by atoms with Gasteiger partial charge in [0.2, 0.25) is 0 Å². The SMILES string of the molecule is N=C(N)CNCc1ccc(OCCOCCOCCOCCOCCOCCOCCNCCCOc2c(I)cc(Oc3c(I)cc(CC(=O)O)cc3I)cc2I)cc1. The van der Waals surface area contributed by atoms with Gasteiger partial charge in [0.1, 0.15) is 29.7 Å². The first-order chi connectivity index (χ1) is 28.6. The largest absolute Gasteiger partial charge is 0.491 e. The highest BCUT2D eigenvalue weighted by molar-refractivity contribution is 14.1. The van der Waals surface area contributed by atoms with Gasteiger partial charge in [-0.2, -0.15) is 0 Å². The second-order valence-electron chi connectivity index (χ2n) is 12.5. The third-order valence-electron chi connectivity index (χ3n) is 7.70. The second kappa shape index (κ2) is 32.3. The second-order valence-corrected chi connectivity index (χ2v) is 17.2. The standard InChI is InChI=1S/C40H54I4N4O11/c41-33-22-30(24-38(49)50)23-34(42)40(33)59-32-25-35(43)39(36(44)26-32)58-8-1-6-47-7-9-51-10-11-52-12-13-53-14-15-54-16-17-55-18-19-56-20-21-57-31-4-2-29(3-5-31)27-48-28-37(45)46/h2-5,22-23,25-26,47-48H,1,6-21,24,27-28H2,(H3,45,46)(H,49,50). The molecule has 0 aromatic heterocycles. The molecule has 0 fully saturated rings. The molecule has 0 saturated carbocycles. The topological polar surface area (TPSA) is 194 Å². The first-order valence-corrected chi connectivity index (χ1v) is 23.4. The molecule has 0 aliphatic carbocycles. The van der Waals surface area contributed by atoms with Gasteiger partial charge in [0.05, 0.1) is 113 Å². The first kappa shape index (κ1) is 51.9. The lowest BCUT2D eigenvalue weighted by atomic mass is 10.1. The number of aliphatic carboxylic acids is 1. The Morgan fingerprint density at radius 3 is 1.58 bits per heavy atom. The van der Waals surface area contributed by atoms with Crippen LogP contribution in [0.25, 0.3) is 0 Å². The van der Waals surface area contributed by atoms with Crippen molar-refractivity contribution in [3.05, 3.63) is 73.9 Å². The third-order valence-corrected chi connectivity index (χ3v) is 10.9. The number of carboxylic acid groups (broad SMARTS) is 1. The zero-order chi connectivity index (χ0) is 42.5. The molecular weight excluding hydrogens is 1220 g/mol. The molecule has 0 aliphatic rings. The highest BCUT2D eigenvalue weighted by atomic mass is 127. The lowest BCUT2D eigenvalue weighted by Gasteiger charge is -2.15. The first-order valence-electron chi connectivity index (χ1n) is 19.0. The van der Waals surface area contributed by atoms with Crippen molar-refractivity contribution in [3.63, 3.8) is 0 Å². The van der Waals surface area contributed by atoms with Gasteiger partial charge in [0.15, 0.2) is 5.75 Å². The Hall–Kier alpha value is -1.40. The van der Waals surface area contributed by atoms with Gasteiger partial charge in [-0.3, -0.25) is 10.2 Å². The maximum Gasteiger partial charge on any atom is 0.307 e. The maximum absolute atomic E-state index is 11.1. The Morgan fingerprint density at radius 1 is 0.576 bits per heavy atom. The van der Waals surface area contributed by atoms with Crippen LogP contribution in [0.3, 0.4) is 0 Å². The number of ether oxygens (including phenoxy) is 9. The number of nitrogens with two attached hydrogens (primary N) is 1. The van der Waals surface area contributed by atoms with E-state index < -0.39 is 5.97 Å². The minimum Gasteiger partial charge on any atom is -0.491 e. The zero-order valence-electron chi connectivity index (χ0n) is 32.9. The fourth-order valence-electron chi connectivity index (χ4n) is 4.94. The summed E-state index contributed by atoms with van der Waals surface area (Å²) < 4.78 is 55.0. The molecule has 19 heteroatoms. The molecule has 0 heterocycles. The van der Waals surface area contributed by atoms with E-state index in [2.05, 4.69) is 101 Å². The summed E-state index contributed by atoms with van der Waals surface area (Å²) in [6.45, 7) is 9.64. The van der Waals surface area contributed by atoms with E-state index in [9.17, 15) is 4.79 Å². The van der Waals surface area contributed by atoms with Crippen molar-refractivity contribution in [1.29, 1.82) is 5.41 Å². The highest BCUT2D eigenvalue weighted by Gasteiger charge is 2.15. The molecule has 3 aromatic rings. The van der Waals surface area contributed by atoms with Crippen molar-refractivity contribution >= 4 is 102 Å². The number of benzene rings is 3. The molecule has 3 rings (SSSR count). The minimum atomic E-state index is -0.861. The summed E-state index contributed by atoms with van der Waals surface area (Å²) in [5, 5.41) is 22.8. The Labute approximate surface area is 401 Å². The van der Waals surface area contributed by atoms with Crippen LogP contribution in [0.1, 0.15) is 17.5 Å². The van der Waals surface area contributed by atoms with Crippen LogP contribution in [-0.2, 0) is 46.2 Å². The van der Waals surface area contributed by atoms with Crippen molar-refractivity contribution in [3.8, 4) is 23.0 Å². The summed E-state index contributed by atoms with van der Waals surface area (Å²) in [6.07, 6.45) is 0.824. The molecule has 0 unspecified atom stereocenters. The molecule has 0 atom stereocenters. The summed E-state index contributed by atoms with van der Waals surface area (Å²) >= 11 is 8.87. The van der Waals surface area contributed by atoms with Crippen LogP contribution in [0.5, 0.6) is 23.0 Å². The molecule has 59 heavy (non-hydrogen) atoms. The van der Waals surface area contributed by atoms with E-state index in [0.29, 0.717) is 117 Å². The summed E-state index contributed by atoms with van der Waals surface area (Å²) in [5.74, 6) is 2.27. The van der Waals surface area contributed by atoms with Gasteiger partial charge in [0, 0.05) is 13.1 Å². The van der Waals surface area contributed by atoms with Gasteiger partial charge in [-0.05, 0) is 151 Å². The molecule has 328 valence electrons. The van der Waals surface area contributed by atoms with Crippen LogP contribution in [0.4, 0.5) is 0 Å². The fourth-order valence-corrected chi connectivity index (χ4v) is 9.08. The maximum atomic E-state index is 11.1. The summed E-state index contributed by atoms with van der Waals surface area (Å²) in [6, 6.07) is 15.3. The molecule has 0 bridgehead atoms. The van der Waals surface area contributed by atoms with E-state index in [4.69, 9.17) is 58.9 Å². The monoisotopic (exact) mass is 1270 g/mol. The lowest BCUT2D eigenvalue weighted by molar-refractivity contribution is -0.136. The smallest absolute Gasteiger partial charge is 0.307 e. The van der Waals surface area contributed by atoms with Crippen LogP contribution in [0, 0.1) is 19.7 Å². The summed E-state index contributed by atoms with van der Waals surface area (Å²) in [7, 11) is 0. The predicted molar refractivity (Wildman–Crippen MR) is 259 cm³/mol. The normalized spacial score (nSPS) is 11.2. The number of rotatable bonds is 35. The number of amidine groups is 1. The molecule has 0 aliphatic heterocycles. The number of hydrogen-bond acceptors (Lipinski definition) is 13. The number of carboxylic acids is 1. The van der Waals surface area contributed by atoms with Gasteiger partial charge in [-0.25, -0.2) is 0 Å². The van der Waals surface area contributed by atoms with E-state index >= 15 is 0 Å². The van der Waals surface area contributed by atoms with Gasteiger partial charge < -0.3 is 64.1 Å². The molecular formula is C40H54I4N4O11. The van der Waals surface area contributed by atoms with E-state index in [0.717, 1.165) is 56.4 Å². The molecule has 0 radical (unpaired) electrons. The number of hydrogen-bond donors (Lipinski definition) is 5. The van der Waals surface area contributed by atoms with Crippen molar-refractivity contribution in [2.24, 2.45) is 5.73 Å². The molecule has 0 amide bonds. The summed E-state index contributed by atoms with van der Waals surface area (Å²) in [4.78, 5) is 11.1. The average Bonchev–Trinajstić information content (AvgIpc) is 3.18. The van der Waals surface area contributed by atoms with Crippen molar-refractivity contribution < 1.29 is 52.5 Å². The van der Waals surface area contributed by atoms with E-state index in [1.54, 1.807) is 0 Å². The van der Waals surface area contributed by atoms with Crippen LogP contribution < -0.4 is 30.6 Å². The quantitative estimate of drug-likeness (QED) is 0.0197. The zero-order valence-corrected chi connectivity index (χ0v) is 41.5. The Kier molecular flexibility index (Phi) is 28.4. The van der Waals surface area contributed by atoms with Crippen LogP contribution in [0.2, 0.25) is 0 Å². The van der Waals surface area contributed by atoms with E-state index in [1.165, 1.54) is 0 Å². The predicted octanol–water partition coefficient (Wildman–Crippen LogP) is 6.09. The van der Waals surface area contributed by atoms with E-state index in [1.807, 2.05) is 48.5 Å². The minimum absolute atomic E-state index is 0.0241. The lowest BCUT2D eigenvalue weighted by Crippen LogP contribution is -2.27. The Bertz CT molecular complexity index is 1610. The number of nitrogens with one attached hydrogen (secondary N) is 3. The van der Waals surface area contributed by atoms with Gasteiger partial charge in [0.25, 0.3) is 0 Å². The van der Waals surface area contributed by atoms with Crippen LogP contribution >= 0.6 is 90.4 Å². The Morgan fingerprint density at radius 2 is 1.07 bits per heavy atom. The Balaban J connectivity index is 1.04. The van der Waals surface area contributed by atoms with Gasteiger partial charge >= 0.3 is 5.97 Å². The van der Waals surface area contributed by atoms with Crippen LogP contribution in [0.15, 0.2) is 48.5 Å². The van der Waals surface area contributed by atoms with Crippen molar-refractivity contribution in [2.75, 3.05) is 112 Å².